The van der Waals surface area contributed by atoms with Crippen molar-refractivity contribution in [2.45, 2.75) is 25.8 Å². The third-order valence-corrected chi connectivity index (χ3v) is 4.35. The van der Waals surface area contributed by atoms with E-state index in [1.807, 2.05) is 24.3 Å². The van der Waals surface area contributed by atoms with Gasteiger partial charge in [0.05, 0.1) is 4.92 Å². The van der Waals surface area contributed by atoms with Crippen LogP contribution in [0.1, 0.15) is 19.8 Å². The van der Waals surface area contributed by atoms with Gasteiger partial charge in [0.2, 0.25) is 11.8 Å². The van der Waals surface area contributed by atoms with Gasteiger partial charge in [-0.25, -0.2) is 0 Å². The number of carbonyl (C=O) groups excluding carboxylic acids is 2. The molecule has 2 aromatic rings. The molecule has 0 radical (unpaired) electrons. The summed E-state index contributed by atoms with van der Waals surface area (Å²) >= 11 is 0. The predicted molar refractivity (Wildman–Crippen MR) is 103 cm³/mol. The summed E-state index contributed by atoms with van der Waals surface area (Å²) in [6.45, 7) is 2.42. The normalized spacial score (nSPS) is 14.7. The van der Waals surface area contributed by atoms with Crippen LogP contribution in [0.5, 0.6) is 0 Å². The largest absolute Gasteiger partial charge is 0.374 e. The van der Waals surface area contributed by atoms with Crippen LogP contribution in [0.2, 0.25) is 0 Å². The summed E-state index contributed by atoms with van der Waals surface area (Å²) in [5.74, 6) is -0.164. The summed E-state index contributed by atoms with van der Waals surface area (Å²) in [4.78, 5) is 36.2. The number of nitro groups is 1. The Hall–Kier alpha value is -3.42. The zero-order valence-corrected chi connectivity index (χ0v) is 14.8. The molecule has 27 heavy (non-hydrogen) atoms. The molecule has 0 bridgehead atoms. The summed E-state index contributed by atoms with van der Waals surface area (Å²) in [5, 5.41) is 16.5. The molecule has 8 heteroatoms. The number of non-ortho nitro benzene ring substituents is 1. The van der Waals surface area contributed by atoms with Gasteiger partial charge < -0.3 is 15.5 Å². The van der Waals surface area contributed by atoms with Crippen LogP contribution in [0.3, 0.4) is 0 Å². The summed E-state index contributed by atoms with van der Waals surface area (Å²) in [5.41, 5.74) is 1.99. The van der Waals surface area contributed by atoms with Crippen molar-refractivity contribution in [1.29, 1.82) is 0 Å². The van der Waals surface area contributed by atoms with E-state index in [9.17, 15) is 19.7 Å². The highest BCUT2D eigenvalue weighted by Crippen LogP contribution is 2.24. The number of carbonyl (C=O) groups is 2. The number of nitrogens with zero attached hydrogens (tertiary/aromatic N) is 2. The van der Waals surface area contributed by atoms with Crippen LogP contribution in [-0.2, 0) is 9.59 Å². The highest BCUT2D eigenvalue weighted by atomic mass is 16.6. The zero-order valence-electron chi connectivity index (χ0n) is 14.8. The standard InChI is InChI=1S/C19H20N4O4/c1-13(19(25)21-14-7-9-16(10-8-14)23(26)27)20-15-4-2-5-17(12-15)22-11-3-6-18(22)24/h2,4-5,7-10,12-13,20H,3,6,11H2,1H3,(H,21,25). The van der Waals surface area contributed by atoms with Gasteiger partial charge in [-0.1, -0.05) is 6.07 Å². The fourth-order valence-corrected chi connectivity index (χ4v) is 2.92. The number of rotatable bonds is 6. The second-order valence-electron chi connectivity index (χ2n) is 6.36. The Balaban J connectivity index is 1.62. The fourth-order valence-electron chi connectivity index (χ4n) is 2.92. The van der Waals surface area contributed by atoms with Gasteiger partial charge in [-0.05, 0) is 43.7 Å². The van der Waals surface area contributed by atoms with Gasteiger partial charge in [-0.15, -0.1) is 0 Å². The third kappa shape index (κ3) is 4.41. The molecule has 3 rings (SSSR count). The van der Waals surface area contributed by atoms with E-state index >= 15 is 0 Å². The molecule has 1 fully saturated rings. The Morgan fingerprint density at radius 3 is 2.56 bits per heavy atom. The number of amides is 2. The summed E-state index contributed by atoms with van der Waals surface area (Å²) in [6, 6.07) is 12.5. The van der Waals surface area contributed by atoms with Crippen LogP contribution in [0.15, 0.2) is 48.5 Å². The highest BCUT2D eigenvalue weighted by Gasteiger charge is 2.22. The van der Waals surface area contributed by atoms with Crippen LogP contribution >= 0.6 is 0 Å². The molecule has 140 valence electrons. The van der Waals surface area contributed by atoms with Gasteiger partial charge in [0.1, 0.15) is 6.04 Å². The Labute approximate surface area is 156 Å². The van der Waals surface area contributed by atoms with Gasteiger partial charge in [0.15, 0.2) is 0 Å². The van der Waals surface area contributed by atoms with Crippen LogP contribution in [-0.4, -0.2) is 29.3 Å². The number of hydrogen-bond acceptors (Lipinski definition) is 5. The van der Waals surface area contributed by atoms with Crippen molar-refractivity contribution in [2.75, 3.05) is 22.1 Å². The van der Waals surface area contributed by atoms with E-state index in [1.54, 1.807) is 11.8 Å². The molecule has 0 saturated carbocycles. The second-order valence-corrected chi connectivity index (χ2v) is 6.36. The SMILES string of the molecule is CC(Nc1cccc(N2CCCC2=O)c1)C(=O)Nc1ccc([N+](=O)[O-])cc1. The van der Waals surface area contributed by atoms with Crippen LogP contribution in [0.4, 0.5) is 22.7 Å². The fraction of sp³-hybridized carbons (Fsp3) is 0.263. The molecule has 1 saturated heterocycles. The van der Waals surface area contributed by atoms with Crippen molar-refractivity contribution in [1.82, 2.24) is 0 Å². The number of benzene rings is 2. The number of nitro benzene ring substituents is 1. The van der Waals surface area contributed by atoms with E-state index in [1.165, 1.54) is 24.3 Å². The molecule has 8 nitrogen and oxygen atoms in total. The third-order valence-electron chi connectivity index (χ3n) is 4.35. The molecule has 1 heterocycles. The van der Waals surface area contributed by atoms with Gasteiger partial charge in [-0.2, -0.15) is 0 Å². The molecule has 1 aliphatic heterocycles. The first-order valence-electron chi connectivity index (χ1n) is 8.66. The minimum absolute atomic E-state index is 0.0348. The summed E-state index contributed by atoms with van der Waals surface area (Å²) in [6.07, 6.45) is 1.41. The van der Waals surface area contributed by atoms with E-state index in [0.717, 1.165) is 17.8 Å². The monoisotopic (exact) mass is 368 g/mol. The van der Waals surface area contributed by atoms with Crippen molar-refractivity contribution in [2.24, 2.45) is 0 Å². The lowest BCUT2D eigenvalue weighted by Crippen LogP contribution is -2.32. The van der Waals surface area contributed by atoms with Crippen molar-refractivity contribution < 1.29 is 14.5 Å². The highest BCUT2D eigenvalue weighted by molar-refractivity contribution is 5.97. The van der Waals surface area contributed by atoms with E-state index in [0.29, 0.717) is 18.7 Å². The molecule has 1 atom stereocenters. The smallest absolute Gasteiger partial charge is 0.269 e. The number of hydrogen-bond donors (Lipinski definition) is 2. The van der Waals surface area contributed by atoms with Crippen molar-refractivity contribution in [3.8, 4) is 0 Å². The van der Waals surface area contributed by atoms with E-state index in [4.69, 9.17) is 0 Å². The quantitative estimate of drug-likeness (QED) is 0.602. The molecule has 0 spiro atoms. The minimum atomic E-state index is -0.537. The molecule has 0 aromatic heterocycles. The Kier molecular flexibility index (Phi) is 5.35. The first-order valence-corrected chi connectivity index (χ1v) is 8.66. The predicted octanol–water partition coefficient (Wildman–Crippen LogP) is 3.16. The second kappa shape index (κ2) is 7.86. The Morgan fingerprint density at radius 1 is 1.19 bits per heavy atom. The van der Waals surface area contributed by atoms with Gasteiger partial charge in [0, 0.05) is 42.2 Å². The average molecular weight is 368 g/mol. The molecular formula is C19H20N4O4. The van der Waals surface area contributed by atoms with Gasteiger partial charge in [0.25, 0.3) is 5.69 Å². The first-order chi connectivity index (χ1) is 12.9. The first kappa shape index (κ1) is 18.4. The molecule has 1 unspecified atom stereocenters. The maximum Gasteiger partial charge on any atom is 0.269 e. The van der Waals surface area contributed by atoms with E-state index in [2.05, 4.69) is 10.6 Å². The van der Waals surface area contributed by atoms with Gasteiger partial charge in [-0.3, -0.25) is 19.7 Å². The van der Waals surface area contributed by atoms with E-state index < -0.39 is 11.0 Å². The van der Waals surface area contributed by atoms with Crippen LogP contribution in [0, 0.1) is 10.1 Å². The maximum absolute atomic E-state index is 12.4. The summed E-state index contributed by atoms with van der Waals surface area (Å²) < 4.78 is 0. The topological polar surface area (TPSA) is 105 Å². The summed E-state index contributed by atoms with van der Waals surface area (Å²) in [7, 11) is 0. The Bertz CT molecular complexity index is 866. The molecule has 0 aliphatic carbocycles. The van der Waals surface area contributed by atoms with Crippen molar-refractivity contribution in [3.05, 3.63) is 58.6 Å². The molecule has 2 amide bonds. The zero-order chi connectivity index (χ0) is 19.4. The Morgan fingerprint density at radius 2 is 1.93 bits per heavy atom. The molecule has 1 aliphatic rings. The van der Waals surface area contributed by atoms with Crippen molar-refractivity contribution >= 4 is 34.6 Å². The maximum atomic E-state index is 12.4. The lowest BCUT2D eigenvalue weighted by Gasteiger charge is -2.19. The van der Waals surface area contributed by atoms with Crippen LogP contribution < -0.4 is 15.5 Å². The van der Waals surface area contributed by atoms with Crippen LogP contribution in [0.25, 0.3) is 0 Å². The lowest BCUT2D eigenvalue weighted by molar-refractivity contribution is -0.384. The average Bonchev–Trinajstić information content (AvgIpc) is 3.08. The van der Waals surface area contributed by atoms with Crippen molar-refractivity contribution in [3.63, 3.8) is 0 Å². The minimum Gasteiger partial charge on any atom is -0.374 e. The van der Waals surface area contributed by atoms with E-state index in [-0.39, 0.29) is 17.5 Å². The molecule has 2 aromatic carbocycles. The van der Waals surface area contributed by atoms with Gasteiger partial charge >= 0.3 is 0 Å². The number of anilines is 3. The molecule has 2 N–H and O–H groups in total. The lowest BCUT2D eigenvalue weighted by atomic mass is 10.2. The number of nitrogens with one attached hydrogen (secondary N) is 2. The molecular weight excluding hydrogens is 348 g/mol.